The molecule has 24 nitrogen and oxygen atoms in total. The Bertz CT molecular complexity index is 6180. The van der Waals surface area contributed by atoms with Gasteiger partial charge in [0.1, 0.15) is 62.5 Å². The Morgan fingerprint density at radius 1 is 0.434 bits per heavy atom. The first kappa shape index (κ1) is 97.4. The molecule has 12 aromatic rings. The van der Waals surface area contributed by atoms with E-state index in [1.807, 2.05) is 200 Å². The van der Waals surface area contributed by atoms with Crippen molar-refractivity contribution in [3.8, 4) is 34.5 Å². The van der Waals surface area contributed by atoms with Gasteiger partial charge in [0.05, 0.1) is 0 Å². The largest absolute Gasteiger partial charge is 0.457 e. The number of ether oxygens (including phenoxy) is 5. The number of halogens is 1. The summed E-state index contributed by atoms with van der Waals surface area (Å²) < 4.78 is 28.7. The molecule has 7 amide bonds. The predicted octanol–water partition coefficient (Wildman–Crippen LogP) is 20.0. The lowest BCUT2D eigenvalue weighted by Gasteiger charge is -2.33. The van der Waals surface area contributed by atoms with Crippen LogP contribution in [0, 0.1) is 0 Å². The van der Waals surface area contributed by atoms with E-state index in [9.17, 15) is 38.4 Å². The van der Waals surface area contributed by atoms with Crippen LogP contribution in [-0.2, 0) is 67.4 Å². The molecule has 0 atom stereocenters. The van der Waals surface area contributed by atoms with Gasteiger partial charge in [-0.3, -0.25) is 28.8 Å². The Morgan fingerprint density at radius 2 is 0.775 bits per heavy atom. The topological polar surface area (TPSA) is 314 Å². The lowest BCUT2D eigenvalue weighted by Crippen LogP contribution is -2.41. The maximum Gasteiger partial charge on any atom is 0.410 e. The lowest BCUT2D eigenvalue weighted by molar-refractivity contribution is 0.0194. The molecule has 3 fully saturated rings. The molecule has 0 bridgehead atoms. The second-order valence-electron chi connectivity index (χ2n) is 32.3. The van der Waals surface area contributed by atoms with Crippen molar-refractivity contribution >= 4 is 161 Å². The molecule has 3 saturated heterocycles. The minimum atomic E-state index is -0.508. The number of amides is 7. The van der Waals surface area contributed by atoms with E-state index in [-0.39, 0.29) is 41.6 Å². The highest BCUT2D eigenvalue weighted by Gasteiger charge is 2.30. The smallest absolute Gasteiger partial charge is 0.410 e. The van der Waals surface area contributed by atoms with Gasteiger partial charge in [-0.05, 0) is 281 Å². The maximum atomic E-state index is 13.0. The summed E-state index contributed by atoms with van der Waals surface area (Å²) in [4.78, 5) is 114. The summed E-state index contributed by atoms with van der Waals surface area (Å²) in [6.07, 6.45) is 10.5. The SMILES string of the molecule is CC(C)(C)OC(=O)N1CCC(c2ccc(C(N)=O)cc2)CC1.CCC(=O)c1cccc2cc(Oc3ccnc(Cl)c3)ccc12.CNC(=O)c1cccc2cc(Oc3ccnc(NC(=O)c4ccc(C5CCN(C(=O)OC(C)(C)C)CC5)cc4)c3)ccc12.CNC(=O)c1cccc2cc(Oc3ccnc(NC(=O)c4ccc(C5CCNCC5)cc4)c3)ccc12.S=S=S=S=S=S. The molecule has 9 aromatic carbocycles. The summed E-state index contributed by atoms with van der Waals surface area (Å²) >= 11 is 14.9. The number of hydrogen-bond donors (Lipinski definition) is 6. The third kappa shape index (κ3) is 28.9. The van der Waals surface area contributed by atoms with Crippen molar-refractivity contribution in [2.45, 2.75) is 122 Å². The first-order valence-electron chi connectivity index (χ1n) is 42.0. The van der Waals surface area contributed by atoms with Crippen molar-refractivity contribution in [1.82, 2.24) is 40.7 Å². The van der Waals surface area contributed by atoms with Crippen LogP contribution >= 0.6 is 11.6 Å². The zero-order valence-electron chi connectivity index (χ0n) is 72.9. The van der Waals surface area contributed by atoms with Crippen LogP contribution in [0.4, 0.5) is 21.2 Å². The Labute approximate surface area is 776 Å². The standard InChI is InChI=1S/C34H36N4O5.C29H28N4O3.C18H14ClNO2.C17H24N2O3.S6/c1-34(2,3)43-33(41)38-18-15-23(16-19-38)22-8-10-24(11-9-22)31(39)37-30-21-27(14-17-36-30)42-26-12-13-28-25(20-26)6-5-7-29(28)32(40)35-4;1-30-29(35)26-4-2-3-22-17-23(9-10-25(22)26)36-24-13-16-32-27(18-24)33-28(34)21-7-5-19(6-8-21)20-11-14-31-15-12-20;1-2-17(21)16-5-3-4-12-10-13(6-7-15(12)16)22-14-8-9-20-18(19)11-14;1-17(2,3)22-16(21)19-10-8-13(9-11-19)12-4-6-14(7-5-12)15(18)20;1-3-5-6-4-2/h5-14,17,20-21,23H,15-16,18-19H2,1-4H3,(H,35,40)(H,36,37,39);2-10,13,16-18,20,31H,11-12,14-15H2,1H3,(H,30,35)(H,32,33,34);3-11H,2H2,1H3;4-7,13H,8-11H2,1-3H3,(H2,18,20);. The number of Topliss-reactive ketones (excluding diaryl/α,β-unsaturated/α-hetero) is 1. The van der Waals surface area contributed by atoms with Crippen LogP contribution in [0.5, 0.6) is 34.5 Å². The number of nitrogens with one attached hydrogen (secondary N) is 5. The number of hydrogen-bond acceptors (Lipinski definition) is 19. The number of rotatable bonds is 18. The van der Waals surface area contributed by atoms with E-state index in [4.69, 9.17) is 41.0 Å². The van der Waals surface area contributed by atoms with Crippen molar-refractivity contribution in [2.24, 2.45) is 5.73 Å². The quantitative estimate of drug-likeness (QED) is 0.0343. The van der Waals surface area contributed by atoms with Crippen molar-refractivity contribution in [2.75, 3.05) is 64.0 Å². The number of nitrogens with two attached hydrogens (primary N) is 1. The number of nitrogens with zero attached hydrogens (tertiary/aromatic N) is 5. The number of primary amides is 1. The van der Waals surface area contributed by atoms with Gasteiger partial charge in [-0.2, -0.15) is 0 Å². The summed E-state index contributed by atoms with van der Waals surface area (Å²) in [5.41, 5.74) is 11.5. The molecule has 6 heterocycles. The highest BCUT2D eigenvalue weighted by molar-refractivity contribution is 8.64. The molecular weight excluding hydrogens is 1770 g/mol. The van der Waals surface area contributed by atoms with Crippen LogP contribution in [-0.4, -0.2) is 137 Å². The first-order chi connectivity index (χ1) is 62.0. The molecule has 129 heavy (non-hydrogen) atoms. The van der Waals surface area contributed by atoms with Gasteiger partial charge in [0.2, 0.25) is 5.91 Å². The van der Waals surface area contributed by atoms with Gasteiger partial charge < -0.3 is 65.8 Å². The molecule has 0 aliphatic carbocycles. The number of aromatic nitrogens is 3. The van der Waals surface area contributed by atoms with E-state index in [0.29, 0.717) is 129 Å². The van der Waals surface area contributed by atoms with Gasteiger partial charge >= 0.3 is 12.2 Å². The molecule has 3 aliphatic rings. The monoisotopic (exact) mass is 1870 g/mol. The number of pyridine rings is 3. The predicted molar refractivity (Wildman–Crippen MR) is 524 cm³/mol. The number of anilines is 2. The molecule has 0 spiro atoms. The molecule has 0 saturated carbocycles. The lowest BCUT2D eigenvalue weighted by atomic mass is 9.89. The van der Waals surface area contributed by atoms with E-state index in [1.165, 1.54) is 46.6 Å². The second-order valence-corrected chi connectivity index (χ2v) is 39.8. The van der Waals surface area contributed by atoms with E-state index in [1.54, 1.807) is 109 Å². The summed E-state index contributed by atoms with van der Waals surface area (Å²) in [6.45, 7) is 17.8. The average molecular weight is 1870 g/mol. The van der Waals surface area contributed by atoms with E-state index >= 15 is 0 Å². The molecule has 670 valence electrons. The fourth-order valence-electron chi connectivity index (χ4n) is 14.7. The van der Waals surface area contributed by atoms with Crippen molar-refractivity contribution in [3.05, 3.63) is 292 Å². The summed E-state index contributed by atoms with van der Waals surface area (Å²) in [5, 5.41) is 20.1. The Balaban J connectivity index is 0.000000169. The van der Waals surface area contributed by atoms with E-state index < -0.39 is 17.1 Å². The Kier molecular flexibility index (Phi) is 35.6. The van der Waals surface area contributed by atoms with Gasteiger partial charge in [0.25, 0.3) is 23.6 Å². The van der Waals surface area contributed by atoms with Gasteiger partial charge in [-0.15, -0.1) is 0 Å². The van der Waals surface area contributed by atoms with E-state index in [0.717, 1.165) is 95.1 Å². The fourth-order valence-corrected chi connectivity index (χ4v) is 20.4. The molecule has 3 aliphatic heterocycles. The highest BCUT2D eigenvalue weighted by atomic mass is 35.5. The van der Waals surface area contributed by atoms with Crippen LogP contribution in [0.25, 0.3) is 32.3 Å². The number of likely N-dealkylation sites (tertiary alicyclic amines) is 2. The van der Waals surface area contributed by atoms with Gasteiger partial charge in [-0.1, -0.05) is 97.4 Å². The van der Waals surface area contributed by atoms with Gasteiger partial charge in [-0.25, -0.2) is 24.5 Å². The second kappa shape index (κ2) is 47.2. The highest BCUT2D eigenvalue weighted by Crippen LogP contribution is 2.36. The van der Waals surface area contributed by atoms with Crippen LogP contribution in [0.1, 0.15) is 190 Å². The zero-order valence-corrected chi connectivity index (χ0v) is 78.5. The number of carbonyl (C=O) groups is 8. The van der Waals surface area contributed by atoms with Gasteiger partial charge in [0.15, 0.2) is 5.78 Å². The number of carbonyl (C=O) groups excluding carboxylic acids is 8. The van der Waals surface area contributed by atoms with Crippen molar-refractivity contribution in [1.29, 1.82) is 0 Å². The summed E-state index contributed by atoms with van der Waals surface area (Å²) in [5.74, 6) is 4.58. The van der Waals surface area contributed by atoms with Crippen molar-refractivity contribution in [3.63, 3.8) is 0 Å². The summed E-state index contributed by atoms with van der Waals surface area (Å²) in [6, 6.07) is 66.6. The van der Waals surface area contributed by atoms with Gasteiger partial charge in [0, 0.05) is 175 Å². The minimum Gasteiger partial charge on any atom is -0.457 e. The molecule has 0 radical (unpaired) electrons. The first-order valence-corrected chi connectivity index (χ1v) is 49.0. The molecule has 31 heteroatoms. The average Bonchev–Trinajstić information content (AvgIpc) is 0.812. The maximum absolute atomic E-state index is 13.0. The number of benzene rings is 9. The Hall–Kier alpha value is -12.3. The van der Waals surface area contributed by atoms with Crippen LogP contribution in [0.15, 0.2) is 237 Å². The number of ketones is 1. The number of piperidine rings is 3. The van der Waals surface area contributed by atoms with Crippen LogP contribution < -0.4 is 46.5 Å². The minimum absolute atomic E-state index is 0.135. The molecule has 7 N–H and O–H groups in total. The normalized spacial score (nSPS) is 13.3. The summed E-state index contributed by atoms with van der Waals surface area (Å²) in [7, 11) is 8.85. The van der Waals surface area contributed by atoms with Crippen LogP contribution in [0.3, 0.4) is 0 Å². The fraction of sp³-hybridized carbons (Fsp3) is 0.276. The van der Waals surface area contributed by atoms with Crippen LogP contribution in [0.2, 0.25) is 5.15 Å². The molecule has 0 unspecified atom stereocenters. The third-order valence-corrected chi connectivity index (χ3v) is 28.0. The molecular formula is C98H102ClN11O13S6. The zero-order chi connectivity index (χ0) is 92.2. The third-order valence-electron chi connectivity index (χ3n) is 21.1. The van der Waals surface area contributed by atoms with E-state index in [2.05, 4.69) is 63.9 Å². The molecule has 3 aromatic heterocycles. The van der Waals surface area contributed by atoms with Crippen molar-refractivity contribution < 1.29 is 62.0 Å². The number of fused-ring (bicyclic) bond motifs is 3. The molecule has 15 rings (SSSR count). The Morgan fingerprint density at radius 3 is 1.12 bits per heavy atom.